The molecule has 0 amide bonds. The second-order valence-electron chi connectivity index (χ2n) is 5.52. The lowest BCUT2D eigenvalue weighted by Gasteiger charge is -2.25. The maximum atomic E-state index is 13.1. The quantitative estimate of drug-likeness (QED) is 0.586. The molecule has 0 aromatic rings. The fraction of sp³-hybridized carbons (Fsp3) is 1.00. The molecule has 0 aromatic heterocycles. The number of fused-ring (bicyclic) bond motifs is 1. The predicted molar refractivity (Wildman–Crippen MR) is 46.1 cm³/mol. The zero-order valence-electron chi connectivity index (χ0n) is 8.19. The van der Waals surface area contributed by atoms with Crippen LogP contribution < -0.4 is 0 Å². The lowest BCUT2D eigenvalue weighted by molar-refractivity contribution is 0.0645. The van der Waals surface area contributed by atoms with E-state index in [1.165, 1.54) is 0 Å². The first-order valence-corrected chi connectivity index (χ1v) is 5.14. The van der Waals surface area contributed by atoms with E-state index in [0.29, 0.717) is 25.9 Å². The molecule has 0 bridgehead atoms. The molecule has 3 aliphatic rings. The Labute approximate surface area is 81.3 Å². The van der Waals surface area contributed by atoms with Crippen molar-refractivity contribution in [2.75, 3.05) is 13.1 Å². The number of alkyl halides is 3. The lowest BCUT2D eigenvalue weighted by atomic mass is 9.90. The summed E-state index contributed by atoms with van der Waals surface area (Å²) in [5.74, 6) is -2.48. The number of nitrogens with zero attached hydrogens (tertiary/aromatic N) is 1. The van der Waals surface area contributed by atoms with Crippen LogP contribution in [0.25, 0.3) is 0 Å². The van der Waals surface area contributed by atoms with Gasteiger partial charge in [0.25, 0.3) is 5.92 Å². The first kappa shape index (κ1) is 9.01. The van der Waals surface area contributed by atoms with Crippen molar-refractivity contribution in [3.05, 3.63) is 0 Å². The van der Waals surface area contributed by atoms with Crippen molar-refractivity contribution < 1.29 is 13.2 Å². The average Bonchev–Trinajstić information content (AvgIpc) is 2.28. The summed E-state index contributed by atoms with van der Waals surface area (Å²) in [5.41, 5.74) is -1.08. The minimum Gasteiger partial charge on any atom is -0.294 e. The maximum absolute atomic E-state index is 13.1. The topological polar surface area (TPSA) is 3.24 Å². The van der Waals surface area contributed by atoms with E-state index in [0.717, 1.165) is 0 Å². The Hall–Kier alpha value is -0.250. The van der Waals surface area contributed by atoms with Crippen molar-refractivity contribution in [2.45, 2.75) is 43.8 Å². The smallest absolute Gasteiger partial charge is 0.255 e. The van der Waals surface area contributed by atoms with Gasteiger partial charge in [0, 0.05) is 25.0 Å². The van der Waals surface area contributed by atoms with Crippen LogP contribution in [0.4, 0.5) is 13.2 Å². The molecule has 1 spiro atoms. The van der Waals surface area contributed by atoms with E-state index in [1.54, 1.807) is 0 Å². The summed E-state index contributed by atoms with van der Waals surface area (Å²) in [7, 11) is 0. The molecule has 0 radical (unpaired) electrons. The van der Waals surface area contributed by atoms with Crippen molar-refractivity contribution in [3.63, 3.8) is 0 Å². The second kappa shape index (κ2) is 2.13. The van der Waals surface area contributed by atoms with Crippen molar-refractivity contribution in [2.24, 2.45) is 5.41 Å². The van der Waals surface area contributed by atoms with E-state index in [2.05, 4.69) is 0 Å². The van der Waals surface area contributed by atoms with Gasteiger partial charge in [-0.05, 0) is 19.8 Å². The average molecular weight is 205 g/mol. The largest absolute Gasteiger partial charge is 0.294 e. The SMILES string of the molecule is C[C@]12C[C@@H](F)CN1CC1(CC1(F)F)C2. The van der Waals surface area contributed by atoms with Gasteiger partial charge in [-0.15, -0.1) is 0 Å². The summed E-state index contributed by atoms with van der Waals surface area (Å²) < 4.78 is 39.4. The molecule has 1 unspecified atom stereocenters. The molecule has 3 rings (SSSR count). The third-order valence-corrected chi connectivity index (χ3v) is 4.27. The molecular formula is C10H14F3N. The van der Waals surface area contributed by atoms with Crippen LogP contribution in [0.1, 0.15) is 26.2 Å². The molecule has 4 heteroatoms. The summed E-state index contributed by atoms with van der Waals surface area (Å²) in [6.45, 7) is 2.68. The Morgan fingerprint density at radius 3 is 2.43 bits per heavy atom. The number of hydrogen-bond donors (Lipinski definition) is 0. The van der Waals surface area contributed by atoms with E-state index in [-0.39, 0.29) is 12.0 Å². The second-order valence-corrected chi connectivity index (χ2v) is 5.52. The van der Waals surface area contributed by atoms with Crippen LogP contribution >= 0.6 is 0 Å². The highest BCUT2D eigenvalue weighted by molar-refractivity contribution is 5.21. The Balaban J connectivity index is 1.85. The summed E-state index contributed by atoms with van der Waals surface area (Å²) in [6, 6.07) is 0. The van der Waals surface area contributed by atoms with E-state index in [1.807, 2.05) is 11.8 Å². The minimum atomic E-state index is -2.48. The Bertz CT molecular complexity index is 293. The minimum absolute atomic E-state index is 0.0169. The van der Waals surface area contributed by atoms with Crippen LogP contribution in [0.2, 0.25) is 0 Å². The molecule has 14 heavy (non-hydrogen) atoms. The fourth-order valence-corrected chi connectivity index (χ4v) is 3.46. The normalized spacial score (nSPS) is 55.3. The van der Waals surface area contributed by atoms with Crippen LogP contribution in [0, 0.1) is 5.41 Å². The molecule has 3 atom stereocenters. The monoisotopic (exact) mass is 205 g/mol. The standard InChI is InChI=1S/C10H14F3N/c1-8-2-7(11)3-14(8)6-9(4-8)5-10(9,12)13/h7H,2-6H2,1H3/t7-,8-,9?/m1/s1. The van der Waals surface area contributed by atoms with Crippen molar-refractivity contribution in [1.29, 1.82) is 0 Å². The van der Waals surface area contributed by atoms with Gasteiger partial charge in [0.15, 0.2) is 0 Å². The van der Waals surface area contributed by atoms with Gasteiger partial charge in [-0.3, -0.25) is 4.90 Å². The molecule has 1 saturated carbocycles. The summed E-state index contributed by atoms with van der Waals surface area (Å²) in [4.78, 5) is 1.93. The Kier molecular flexibility index (Phi) is 1.37. The molecule has 1 nitrogen and oxygen atoms in total. The van der Waals surface area contributed by atoms with Gasteiger partial charge in [-0.25, -0.2) is 13.2 Å². The lowest BCUT2D eigenvalue weighted by Crippen LogP contribution is -2.34. The molecule has 80 valence electrons. The van der Waals surface area contributed by atoms with Gasteiger partial charge in [0.2, 0.25) is 0 Å². The highest BCUT2D eigenvalue weighted by atomic mass is 19.3. The van der Waals surface area contributed by atoms with Gasteiger partial charge in [0.05, 0.1) is 5.41 Å². The zero-order valence-corrected chi connectivity index (χ0v) is 8.19. The molecule has 1 aliphatic carbocycles. The van der Waals surface area contributed by atoms with Crippen LogP contribution in [-0.4, -0.2) is 35.6 Å². The van der Waals surface area contributed by atoms with Gasteiger partial charge >= 0.3 is 0 Å². The highest BCUT2D eigenvalue weighted by Crippen LogP contribution is 2.69. The molecular weight excluding hydrogens is 191 g/mol. The van der Waals surface area contributed by atoms with E-state index in [9.17, 15) is 13.2 Å². The maximum Gasteiger partial charge on any atom is 0.255 e. The van der Waals surface area contributed by atoms with E-state index in [4.69, 9.17) is 0 Å². The summed E-state index contributed by atoms with van der Waals surface area (Å²) in [5, 5.41) is 0. The first-order chi connectivity index (χ1) is 6.37. The first-order valence-electron chi connectivity index (χ1n) is 5.14. The van der Waals surface area contributed by atoms with Crippen LogP contribution in [0.15, 0.2) is 0 Å². The van der Waals surface area contributed by atoms with Crippen molar-refractivity contribution in [1.82, 2.24) is 4.90 Å². The third kappa shape index (κ3) is 0.904. The molecule has 2 aliphatic heterocycles. The van der Waals surface area contributed by atoms with Crippen LogP contribution in [0.3, 0.4) is 0 Å². The van der Waals surface area contributed by atoms with Gasteiger partial charge < -0.3 is 0 Å². The van der Waals surface area contributed by atoms with E-state index >= 15 is 0 Å². The number of hydrogen-bond acceptors (Lipinski definition) is 1. The van der Waals surface area contributed by atoms with Gasteiger partial charge in [0.1, 0.15) is 6.17 Å². The van der Waals surface area contributed by atoms with E-state index < -0.39 is 17.5 Å². The summed E-state index contributed by atoms with van der Waals surface area (Å²) >= 11 is 0. The third-order valence-electron chi connectivity index (χ3n) is 4.27. The van der Waals surface area contributed by atoms with Crippen LogP contribution in [-0.2, 0) is 0 Å². The van der Waals surface area contributed by atoms with Gasteiger partial charge in [-0.2, -0.15) is 0 Å². The van der Waals surface area contributed by atoms with Crippen molar-refractivity contribution >= 4 is 0 Å². The Morgan fingerprint density at radius 1 is 1.29 bits per heavy atom. The predicted octanol–water partition coefficient (Wildman–Crippen LogP) is 2.22. The zero-order chi connectivity index (χ0) is 10.2. The molecule has 2 heterocycles. The highest BCUT2D eigenvalue weighted by Gasteiger charge is 2.76. The number of halogens is 3. The van der Waals surface area contributed by atoms with Crippen molar-refractivity contribution in [3.8, 4) is 0 Å². The molecule has 0 N–H and O–H groups in total. The molecule has 3 fully saturated rings. The Morgan fingerprint density at radius 2 is 1.93 bits per heavy atom. The number of rotatable bonds is 0. The fourth-order valence-electron chi connectivity index (χ4n) is 3.46. The summed E-state index contributed by atoms with van der Waals surface area (Å²) in [6.07, 6.45) is 0.117. The van der Waals surface area contributed by atoms with Gasteiger partial charge in [-0.1, -0.05) is 0 Å². The molecule has 0 aromatic carbocycles. The molecule has 2 saturated heterocycles. The van der Waals surface area contributed by atoms with Crippen LogP contribution in [0.5, 0.6) is 0 Å².